The van der Waals surface area contributed by atoms with Crippen LogP contribution >= 0.6 is 0 Å². The number of phenols is 1. The molecule has 1 aliphatic heterocycles. The van der Waals surface area contributed by atoms with Crippen molar-refractivity contribution in [3.05, 3.63) is 124 Å². The van der Waals surface area contributed by atoms with Gasteiger partial charge in [-0.15, -0.1) is 0 Å². The number of nitrogens with zero attached hydrogens (tertiary/aromatic N) is 3. The van der Waals surface area contributed by atoms with Crippen LogP contribution in [0.15, 0.2) is 96.0 Å². The number of aromatic nitrogens is 1. The van der Waals surface area contributed by atoms with Crippen molar-refractivity contribution in [2.75, 3.05) is 4.90 Å². The number of aromatic hydroxyl groups is 1. The number of hydrogen-bond acceptors (Lipinski definition) is 5. The lowest BCUT2D eigenvalue weighted by Gasteiger charge is -2.39. The maximum absolute atomic E-state index is 10.5. The SMILES string of the molecule is CC(C)c1cc(C(C)C)c(N2C(c3cccc(Oc4ccc5cccc(O)c5n4)c3)=N[C@@H]3[C@@H]2c2ccccc2CCC3(C)C)c(C(C)C)c1. The van der Waals surface area contributed by atoms with E-state index < -0.39 is 0 Å². The molecule has 0 saturated carbocycles. The van der Waals surface area contributed by atoms with E-state index in [2.05, 4.69) is 114 Å². The summed E-state index contributed by atoms with van der Waals surface area (Å²) in [6.07, 6.45) is 2.12. The molecule has 0 spiro atoms. The molecule has 0 bridgehead atoms. The topological polar surface area (TPSA) is 58.0 Å². The van der Waals surface area contributed by atoms with Crippen LogP contribution in [0.4, 0.5) is 5.69 Å². The van der Waals surface area contributed by atoms with Crippen molar-refractivity contribution in [2.45, 2.75) is 98.1 Å². The van der Waals surface area contributed by atoms with Crippen LogP contribution in [-0.2, 0) is 6.42 Å². The lowest BCUT2D eigenvalue weighted by molar-refractivity contribution is 0.255. The molecule has 49 heavy (non-hydrogen) atoms. The Morgan fingerprint density at radius 1 is 0.796 bits per heavy atom. The Balaban J connectivity index is 1.43. The first-order valence-electron chi connectivity index (χ1n) is 17.9. The van der Waals surface area contributed by atoms with Gasteiger partial charge in [0.05, 0.1) is 17.8 Å². The predicted molar refractivity (Wildman–Crippen MR) is 203 cm³/mol. The molecule has 252 valence electrons. The van der Waals surface area contributed by atoms with E-state index in [-0.39, 0.29) is 23.2 Å². The highest BCUT2D eigenvalue weighted by Crippen LogP contribution is 2.52. The summed E-state index contributed by atoms with van der Waals surface area (Å²) in [7, 11) is 0. The minimum Gasteiger partial charge on any atom is -0.506 e. The van der Waals surface area contributed by atoms with Crippen molar-refractivity contribution in [3.8, 4) is 17.4 Å². The third-order valence-electron chi connectivity index (χ3n) is 10.6. The van der Waals surface area contributed by atoms with Gasteiger partial charge in [-0.3, -0.25) is 4.99 Å². The first-order valence-corrected chi connectivity index (χ1v) is 17.9. The number of para-hydroxylation sites is 1. The third kappa shape index (κ3) is 5.98. The second kappa shape index (κ2) is 12.7. The molecule has 5 heteroatoms. The Morgan fingerprint density at radius 3 is 2.22 bits per heavy atom. The van der Waals surface area contributed by atoms with Crippen LogP contribution in [-0.4, -0.2) is 22.0 Å². The molecule has 0 saturated heterocycles. The maximum atomic E-state index is 10.5. The van der Waals surface area contributed by atoms with E-state index in [1.807, 2.05) is 36.4 Å². The number of benzene rings is 4. The van der Waals surface area contributed by atoms with E-state index in [4.69, 9.17) is 9.73 Å². The summed E-state index contributed by atoms with van der Waals surface area (Å²) in [5.74, 6) is 3.31. The molecule has 0 amide bonds. The minimum absolute atomic E-state index is 0.0251. The minimum atomic E-state index is -0.0251. The molecule has 0 unspecified atom stereocenters. The van der Waals surface area contributed by atoms with Crippen LogP contribution in [0.25, 0.3) is 10.9 Å². The van der Waals surface area contributed by atoms with E-state index >= 15 is 0 Å². The van der Waals surface area contributed by atoms with Crippen molar-refractivity contribution < 1.29 is 9.84 Å². The van der Waals surface area contributed by atoms with Crippen molar-refractivity contribution >= 4 is 22.4 Å². The van der Waals surface area contributed by atoms with Gasteiger partial charge < -0.3 is 14.7 Å². The Kier molecular flexibility index (Phi) is 8.50. The Bertz CT molecular complexity index is 2030. The molecule has 4 aromatic carbocycles. The fourth-order valence-electron chi connectivity index (χ4n) is 7.75. The van der Waals surface area contributed by atoms with Crippen molar-refractivity contribution in [1.82, 2.24) is 4.98 Å². The molecule has 0 fully saturated rings. The van der Waals surface area contributed by atoms with Crippen LogP contribution in [0, 0.1) is 5.41 Å². The number of fused-ring (bicyclic) bond motifs is 4. The van der Waals surface area contributed by atoms with Gasteiger partial charge in [-0.1, -0.05) is 116 Å². The highest BCUT2D eigenvalue weighted by atomic mass is 16.5. The van der Waals surface area contributed by atoms with Crippen LogP contribution in [0.1, 0.15) is 119 Å². The zero-order chi connectivity index (χ0) is 34.6. The third-order valence-corrected chi connectivity index (χ3v) is 10.6. The Hall–Kier alpha value is -4.64. The fraction of sp³-hybridized carbons (Fsp3) is 0.364. The van der Waals surface area contributed by atoms with Gasteiger partial charge in [0, 0.05) is 17.0 Å². The largest absolute Gasteiger partial charge is 0.506 e. The second-order valence-electron chi connectivity index (χ2n) is 15.5. The number of rotatable bonds is 7. The quantitative estimate of drug-likeness (QED) is 0.190. The van der Waals surface area contributed by atoms with E-state index in [9.17, 15) is 5.11 Å². The van der Waals surface area contributed by atoms with Gasteiger partial charge in [-0.05, 0) is 88.1 Å². The zero-order valence-corrected chi connectivity index (χ0v) is 30.2. The van der Waals surface area contributed by atoms with Crippen LogP contribution in [0.2, 0.25) is 0 Å². The van der Waals surface area contributed by atoms with Crippen LogP contribution < -0.4 is 9.64 Å². The number of amidine groups is 1. The Morgan fingerprint density at radius 2 is 1.51 bits per heavy atom. The normalized spacial score (nSPS) is 18.5. The average molecular weight is 652 g/mol. The summed E-state index contributed by atoms with van der Waals surface area (Å²) in [6, 6.07) is 31.5. The van der Waals surface area contributed by atoms with E-state index in [0.29, 0.717) is 34.9 Å². The second-order valence-corrected chi connectivity index (χ2v) is 15.5. The number of phenolic OH excluding ortho intramolecular Hbond substituents is 1. The van der Waals surface area contributed by atoms with Gasteiger partial charge in [0.15, 0.2) is 0 Å². The summed E-state index contributed by atoms with van der Waals surface area (Å²) in [5, 5.41) is 11.3. The summed E-state index contributed by atoms with van der Waals surface area (Å²) in [5.41, 5.74) is 9.73. The molecule has 2 atom stereocenters. The fourth-order valence-corrected chi connectivity index (χ4v) is 7.75. The zero-order valence-electron chi connectivity index (χ0n) is 30.2. The molecule has 1 N–H and O–H groups in total. The molecular weight excluding hydrogens is 603 g/mol. The smallest absolute Gasteiger partial charge is 0.219 e. The number of aliphatic imine (C=N–C) groups is 1. The lowest BCUT2D eigenvalue weighted by Crippen LogP contribution is -2.39. The first-order chi connectivity index (χ1) is 23.4. The molecule has 1 aromatic heterocycles. The van der Waals surface area contributed by atoms with Crippen LogP contribution in [0.5, 0.6) is 17.4 Å². The molecule has 1 aliphatic carbocycles. The van der Waals surface area contributed by atoms with Gasteiger partial charge in [0.2, 0.25) is 5.88 Å². The molecule has 0 radical (unpaired) electrons. The van der Waals surface area contributed by atoms with Crippen LogP contribution in [0.3, 0.4) is 0 Å². The number of anilines is 1. The van der Waals surface area contributed by atoms with Gasteiger partial charge in [0.1, 0.15) is 22.9 Å². The van der Waals surface area contributed by atoms with Gasteiger partial charge in [-0.25, -0.2) is 4.98 Å². The lowest BCUT2D eigenvalue weighted by atomic mass is 9.78. The van der Waals surface area contributed by atoms with Crippen molar-refractivity contribution in [2.24, 2.45) is 10.4 Å². The summed E-state index contributed by atoms with van der Waals surface area (Å²) < 4.78 is 6.39. The van der Waals surface area contributed by atoms with Crippen molar-refractivity contribution in [1.29, 1.82) is 0 Å². The highest BCUT2D eigenvalue weighted by Gasteiger charge is 2.49. The molecule has 2 aliphatic rings. The van der Waals surface area contributed by atoms with E-state index in [0.717, 1.165) is 29.6 Å². The molecule has 5 nitrogen and oxygen atoms in total. The highest BCUT2D eigenvalue weighted by molar-refractivity contribution is 6.13. The number of hydrogen-bond donors (Lipinski definition) is 1. The maximum Gasteiger partial charge on any atom is 0.219 e. The molecule has 7 rings (SSSR count). The monoisotopic (exact) mass is 651 g/mol. The standard InChI is InChI=1S/C44H49N3O2/c1-26(2)32-24-35(27(3)4)40(36(25-32)28(5)6)47-41-34-17-10-9-13-29(34)21-22-44(7,8)42(41)46-43(47)31-15-11-16-33(23-31)49-38-20-19-30-14-12-18-37(48)39(30)45-38/h9-20,23-28,41-42,48H,21-22H2,1-8H3/t41-,42+/m0/s1. The molecule has 2 heterocycles. The number of aryl methyl sites for hydroxylation is 1. The van der Waals surface area contributed by atoms with Gasteiger partial charge in [0.25, 0.3) is 0 Å². The Labute approximate surface area is 291 Å². The number of ether oxygens (including phenoxy) is 1. The molecular formula is C44H49N3O2. The summed E-state index contributed by atoms with van der Waals surface area (Å²) >= 11 is 0. The molecule has 5 aromatic rings. The van der Waals surface area contributed by atoms with Gasteiger partial charge in [-0.2, -0.15) is 0 Å². The van der Waals surface area contributed by atoms with Gasteiger partial charge >= 0.3 is 0 Å². The number of pyridine rings is 1. The summed E-state index contributed by atoms with van der Waals surface area (Å²) in [6.45, 7) is 18.7. The average Bonchev–Trinajstić information content (AvgIpc) is 3.44. The van der Waals surface area contributed by atoms with Crippen molar-refractivity contribution in [3.63, 3.8) is 0 Å². The first kappa shape index (κ1) is 32.9. The summed E-state index contributed by atoms with van der Waals surface area (Å²) in [4.78, 5) is 13.0. The van der Waals surface area contributed by atoms with E-state index in [1.165, 1.54) is 33.5 Å². The van der Waals surface area contributed by atoms with E-state index in [1.54, 1.807) is 6.07 Å². The predicted octanol–water partition coefficient (Wildman–Crippen LogP) is 11.5.